The second-order valence-corrected chi connectivity index (χ2v) is 6.99. The molecule has 1 fully saturated rings. The quantitative estimate of drug-likeness (QED) is 0.399. The van der Waals surface area contributed by atoms with E-state index in [4.69, 9.17) is 9.15 Å². The number of benzene rings is 2. The zero-order valence-corrected chi connectivity index (χ0v) is 14.6. The highest BCUT2D eigenvalue weighted by Gasteiger charge is 2.24. The van der Waals surface area contributed by atoms with Crippen molar-refractivity contribution in [1.82, 2.24) is 4.90 Å². The summed E-state index contributed by atoms with van der Waals surface area (Å²) in [6.45, 7) is 0.414. The minimum absolute atomic E-state index is 0.0515. The van der Waals surface area contributed by atoms with E-state index in [1.165, 1.54) is 22.7 Å². The van der Waals surface area contributed by atoms with Crippen LogP contribution in [0.25, 0.3) is 21.7 Å². The summed E-state index contributed by atoms with van der Waals surface area (Å²) in [6.07, 6.45) is 0. The number of nitrogens with zero attached hydrogens (tertiary/aromatic N) is 1. The monoisotopic (exact) mass is 369 g/mol. The predicted molar refractivity (Wildman–Crippen MR) is 99.2 cm³/mol. The number of carbonyl (C=O) groups excluding carboxylic acids is 2. The summed E-state index contributed by atoms with van der Waals surface area (Å²) in [5.41, 5.74) is 0.543. The standard InChI is InChI=1S/C19H15NO5S/c21-16-9-13(11-24-17(22)10-20-7-8-26-19(20)23)18-14-4-2-1-3-12(14)5-6-15(18)25-16/h1-6,9H,7-8,10-11H2. The number of fused-ring (bicyclic) bond motifs is 3. The molecule has 7 heteroatoms. The van der Waals surface area contributed by atoms with Crippen molar-refractivity contribution in [1.29, 1.82) is 0 Å². The van der Waals surface area contributed by atoms with Crippen molar-refractivity contribution < 1.29 is 18.7 Å². The molecule has 26 heavy (non-hydrogen) atoms. The lowest BCUT2D eigenvalue weighted by Crippen LogP contribution is -2.30. The van der Waals surface area contributed by atoms with Gasteiger partial charge >= 0.3 is 11.6 Å². The Morgan fingerprint density at radius 1 is 1.19 bits per heavy atom. The number of ether oxygens (including phenoxy) is 1. The first kappa shape index (κ1) is 16.7. The lowest BCUT2D eigenvalue weighted by molar-refractivity contribution is -0.145. The van der Waals surface area contributed by atoms with Crippen LogP contribution in [0, 0.1) is 0 Å². The molecule has 0 aliphatic carbocycles. The fourth-order valence-electron chi connectivity index (χ4n) is 3.06. The smallest absolute Gasteiger partial charge is 0.336 e. The van der Waals surface area contributed by atoms with Crippen molar-refractivity contribution >= 4 is 44.7 Å². The summed E-state index contributed by atoms with van der Waals surface area (Å²) in [6, 6.07) is 12.7. The minimum atomic E-state index is -0.498. The Kier molecular flexibility index (Phi) is 4.38. The maximum Gasteiger partial charge on any atom is 0.336 e. The maximum atomic E-state index is 12.1. The van der Waals surface area contributed by atoms with Crippen molar-refractivity contribution in [2.24, 2.45) is 0 Å². The number of rotatable bonds is 4. The van der Waals surface area contributed by atoms with Crippen LogP contribution in [-0.2, 0) is 16.1 Å². The molecule has 0 bridgehead atoms. The third kappa shape index (κ3) is 3.17. The van der Waals surface area contributed by atoms with Gasteiger partial charge in [0, 0.05) is 29.3 Å². The van der Waals surface area contributed by atoms with Crippen LogP contribution in [-0.4, -0.2) is 35.0 Å². The van der Waals surface area contributed by atoms with Gasteiger partial charge in [-0.15, -0.1) is 0 Å². The SMILES string of the molecule is O=C(CN1CCSC1=O)OCc1cc(=O)oc2ccc3ccccc3c12. The summed E-state index contributed by atoms with van der Waals surface area (Å²) in [5.74, 6) is 0.185. The Bertz CT molecular complexity index is 1070. The molecule has 0 spiro atoms. The van der Waals surface area contributed by atoms with Crippen molar-refractivity contribution in [2.75, 3.05) is 18.8 Å². The molecule has 1 saturated heterocycles. The molecular weight excluding hydrogens is 354 g/mol. The lowest BCUT2D eigenvalue weighted by atomic mass is 10.0. The van der Waals surface area contributed by atoms with Gasteiger partial charge in [0.05, 0.1) is 0 Å². The zero-order valence-electron chi connectivity index (χ0n) is 13.8. The summed E-state index contributed by atoms with van der Waals surface area (Å²) in [5, 5.41) is 2.56. The molecule has 0 saturated carbocycles. The first-order chi connectivity index (χ1) is 12.6. The number of hydrogen-bond donors (Lipinski definition) is 0. The van der Waals surface area contributed by atoms with Crippen LogP contribution in [0.15, 0.2) is 51.7 Å². The van der Waals surface area contributed by atoms with E-state index in [0.717, 1.165) is 16.2 Å². The number of amides is 1. The Morgan fingerprint density at radius 2 is 2.04 bits per heavy atom. The van der Waals surface area contributed by atoms with Gasteiger partial charge in [-0.05, 0) is 16.8 Å². The Morgan fingerprint density at radius 3 is 2.85 bits per heavy atom. The average Bonchev–Trinajstić information content (AvgIpc) is 3.03. The number of hydrogen-bond acceptors (Lipinski definition) is 6. The maximum absolute atomic E-state index is 12.1. The van der Waals surface area contributed by atoms with Crippen LogP contribution >= 0.6 is 11.8 Å². The van der Waals surface area contributed by atoms with Crippen molar-refractivity contribution in [3.63, 3.8) is 0 Å². The highest BCUT2D eigenvalue weighted by atomic mass is 32.2. The molecule has 3 aromatic rings. The molecule has 0 N–H and O–H groups in total. The first-order valence-electron chi connectivity index (χ1n) is 8.13. The molecule has 132 valence electrons. The molecule has 4 rings (SSSR count). The Hall–Kier alpha value is -2.80. The van der Waals surface area contributed by atoms with Gasteiger partial charge < -0.3 is 14.1 Å². The van der Waals surface area contributed by atoms with Crippen molar-refractivity contribution in [3.8, 4) is 0 Å². The zero-order chi connectivity index (χ0) is 18.1. The molecule has 1 aliphatic rings. The fraction of sp³-hybridized carbons (Fsp3) is 0.211. The van der Waals surface area contributed by atoms with E-state index in [1.54, 1.807) is 6.07 Å². The van der Waals surface area contributed by atoms with Crippen LogP contribution < -0.4 is 5.63 Å². The molecule has 1 aromatic heterocycles. The molecular formula is C19H15NO5S. The van der Waals surface area contributed by atoms with Gasteiger partial charge in [0.15, 0.2) is 0 Å². The highest BCUT2D eigenvalue weighted by molar-refractivity contribution is 8.13. The molecule has 2 heterocycles. The minimum Gasteiger partial charge on any atom is -0.459 e. The van der Waals surface area contributed by atoms with Gasteiger partial charge in [0.25, 0.3) is 5.24 Å². The van der Waals surface area contributed by atoms with Gasteiger partial charge in [-0.3, -0.25) is 9.59 Å². The molecule has 6 nitrogen and oxygen atoms in total. The van der Waals surface area contributed by atoms with Crippen LogP contribution in [0.3, 0.4) is 0 Å². The largest absolute Gasteiger partial charge is 0.459 e. The highest BCUT2D eigenvalue weighted by Crippen LogP contribution is 2.27. The summed E-state index contributed by atoms with van der Waals surface area (Å²) >= 11 is 1.19. The number of carbonyl (C=O) groups is 2. The van der Waals surface area contributed by atoms with Gasteiger partial charge in [-0.25, -0.2) is 4.79 Å². The molecule has 1 aliphatic heterocycles. The summed E-state index contributed by atoms with van der Waals surface area (Å²) in [4.78, 5) is 37.0. The van der Waals surface area contributed by atoms with Crippen molar-refractivity contribution in [3.05, 3.63) is 58.4 Å². The number of esters is 1. The van der Waals surface area contributed by atoms with E-state index in [-0.39, 0.29) is 18.4 Å². The van der Waals surface area contributed by atoms with Crippen LogP contribution in [0.2, 0.25) is 0 Å². The van der Waals surface area contributed by atoms with E-state index in [1.807, 2.05) is 30.3 Å². The van der Waals surface area contributed by atoms with Crippen LogP contribution in [0.4, 0.5) is 4.79 Å². The predicted octanol–water partition coefficient (Wildman–Crippen LogP) is 3.16. The molecule has 0 unspecified atom stereocenters. The number of thioether (sulfide) groups is 1. The van der Waals surface area contributed by atoms with Gasteiger partial charge in [0.1, 0.15) is 18.7 Å². The van der Waals surface area contributed by atoms with E-state index < -0.39 is 11.6 Å². The summed E-state index contributed by atoms with van der Waals surface area (Å²) in [7, 11) is 0. The van der Waals surface area contributed by atoms with Gasteiger partial charge in [0.2, 0.25) is 0 Å². The van der Waals surface area contributed by atoms with Crippen molar-refractivity contribution in [2.45, 2.75) is 6.61 Å². The molecule has 0 atom stereocenters. The molecule has 1 amide bonds. The van der Waals surface area contributed by atoms with Gasteiger partial charge in [-0.2, -0.15) is 0 Å². The van der Waals surface area contributed by atoms with E-state index in [9.17, 15) is 14.4 Å². The van der Waals surface area contributed by atoms with Crippen LogP contribution in [0.1, 0.15) is 5.56 Å². The first-order valence-corrected chi connectivity index (χ1v) is 9.12. The average molecular weight is 369 g/mol. The summed E-state index contributed by atoms with van der Waals surface area (Å²) < 4.78 is 10.6. The fourth-order valence-corrected chi connectivity index (χ4v) is 3.89. The topological polar surface area (TPSA) is 76.8 Å². The third-order valence-corrected chi connectivity index (χ3v) is 5.16. The molecule has 0 radical (unpaired) electrons. The molecule has 2 aromatic carbocycles. The van der Waals surface area contributed by atoms with Crippen LogP contribution in [0.5, 0.6) is 0 Å². The normalized spacial score (nSPS) is 14.3. The second-order valence-electron chi connectivity index (χ2n) is 5.95. The van der Waals surface area contributed by atoms with E-state index in [2.05, 4.69) is 0 Å². The van der Waals surface area contributed by atoms with E-state index in [0.29, 0.717) is 23.4 Å². The Balaban J connectivity index is 1.63. The van der Waals surface area contributed by atoms with Gasteiger partial charge in [-0.1, -0.05) is 42.1 Å². The lowest BCUT2D eigenvalue weighted by Gasteiger charge is -2.14. The van der Waals surface area contributed by atoms with E-state index >= 15 is 0 Å². The third-order valence-electron chi connectivity index (χ3n) is 4.27. The second kappa shape index (κ2) is 6.84. The Labute approximate surface area is 152 Å².